The van der Waals surface area contributed by atoms with Gasteiger partial charge in [-0.15, -0.1) is 0 Å². The molecule has 0 amide bonds. The Morgan fingerprint density at radius 2 is 2.00 bits per heavy atom. The average molecular weight is 349 g/mol. The SMILES string of the molecule is CCCCOc1nc(N)c2[nH]c(=O)n(Cc3c(F)cccc3F)c2n1. The largest absolute Gasteiger partial charge is 0.463 e. The van der Waals surface area contributed by atoms with Gasteiger partial charge in [-0.1, -0.05) is 19.4 Å². The summed E-state index contributed by atoms with van der Waals surface area (Å²) < 4.78 is 34.3. The molecule has 3 rings (SSSR count). The smallest absolute Gasteiger partial charge is 0.328 e. The van der Waals surface area contributed by atoms with Crippen molar-refractivity contribution in [2.75, 3.05) is 12.3 Å². The summed E-state index contributed by atoms with van der Waals surface area (Å²) in [5, 5.41) is 0. The Morgan fingerprint density at radius 3 is 2.68 bits per heavy atom. The van der Waals surface area contributed by atoms with E-state index in [0.29, 0.717) is 6.61 Å². The van der Waals surface area contributed by atoms with E-state index in [9.17, 15) is 13.6 Å². The Balaban J connectivity index is 2.05. The van der Waals surface area contributed by atoms with Crippen LogP contribution in [-0.4, -0.2) is 26.1 Å². The third-order valence-electron chi connectivity index (χ3n) is 3.74. The van der Waals surface area contributed by atoms with Gasteiger partial charge in [0.25, 0.3) is 0 Å². The van der Waals surface area contributed by atoms with Crippen molar-refractivity contribution < 1.29 is 13.5 Å². The van der Waals surface area contributed by atoms with Crippen LogP contribution in [-0.2, 0) is 6.54 Å². The summed E-state index contributed by atoms with van der Waals surface area (Å²) in [7, 11) is 0. The molecule has 2 heterocycles. The van der Waals surface area contributed by atoms with Crippen molar-refractivity contribution in [3.8, 4) is 6.01 Å². The van der Waals surface area contributed by atoms with Gasteiger partial charge < -0.3 is 15.5 Å². The number of unbranched alkanes of at least 4 members (excludes halogenated alkanes) is 1. The highest BCUT2D eigenvalue weighted by Gasteiger charge is 2.17. The second kappa shape index (κ2) is 6.88. The van der Waals surface area contributed by atoms with Crippen LogP contribution in [0.15, 0.2) is 23.0 Å². The molecule has 2 aromatic heterocycles. The van der Waals surface area contributed by atoms with Crippen LogP contribution in [0.3, 0.4) is 0 Å². The lowest BCUT2D eigenvalue weighted by atomic mass is 10.2. The molecule has 9 heteroatoms. The van der Waals surface area contributed by atoms with Crippen molar-refractivity contribution in [1.82, 2.24) is 19.5 Å². The standard InChI is InChI=1S/C16H17F2N5O2/c1-2-3-7-25-15-21-13(19)12-14(22-15)23(16(24)20-12)8-9-10(17)5-4-6-11(9)18/h4-6H,2-3,7-8H2,1H3,(H,20,24)(H2,19,21,22). The van der Waals surface area contributed by atoms with Crippen molar-refractivity contribution in [3.05, 3.63) is 45.9 Å². The predicted octanol–water partition coefficient (Wildman–Crippen LogP) is 2.21. The Bertz CT molecular complexity index is 947. The number of fused-ring (bicyclic) bond motifs is 1. The van der Waals surface area contributed by atoms with Crippen LogP contribution in [0, 0.1) is 11.6 Å². The van der Waals surface area contributed by atoms with Gasteiger partial charge in [0.15, 0.2) is 11.5 Å². The number of nitrogens with two attached hydrogens (primary N) is 1. The number of anilines is 1. The maximum atomic E-state index is 13.9. The van der Waals surface area contributed by atoms with Crippen molar-refractivity contribution in [1.29, 1.82) is 0 Å². The van der Waals surface area contributed by atoms with Crippen LogP contribution in [0.1, 0.15) is 25.3 Å². The van der Waals surface area contributed by atoms with Gasteiger partial charge in [0.1, 0.15) is 17.2 Å². The maximum Gasteiger partial charge on any atom is 0.328 e. The number of H-pyrrole nitrogens is 1. The number of hydrogen-bond donors (Lipinski definition) is 2. The van der Waals surface area contributed by atoms with E-state index in [1.165, 1.54) is 6.07 Å². The third kappa shape index (κ3) is 3.30. The van der Waals surface area contributed by atoms with Crippen LogP contribution in [0.25, 0.3) is 11.2 Å². The van der Waals surface area contributed by atoms with E-state index in [2.05, 4.69) is 15.0 Å². The normalized spacial score (nSPS) is 11.2. The molecule has 0 fully saturated rings. The second-order valence-corrected chi connectivity index (χ2v) is 5.51. The number of aromatic nitrogens is 4. The van der Waals surface area contributed by atoms with Gasteiger partial charge in [0.05, 0.1) is 13.2 Å². The number of rotatable bonds is 6. The molecule has 0 aliphatic carbocycles. The predicted molar refractivity (Wildman–Crippen MR) is 88.4 cm³/mol. The maximum absolute atomic E-state index is 13.9. The number of ether oxygens (including phenoxy) is 1. The number of nitrogen functional groups attached to an aromatic ring is 1. The highest BCUT2D eigenvalue weighted by molar-refractivity contribution is 5.81. The number of imidazole rings is 1. The molecule has 0 saturated carbocycles. The van der Waals surface area contributed by atoms with Crippen molar-refractivity contribution in [2.24, 2.45) is 0 Å². The minimum absolute atomic E-state index is 0.0141. The molecule has 0 aliphatic rings. The van der Waals surface area contributed by atoms with Gasteiger partial charge in [0, 0.05) is 5.56 Å². The molecular weight excluding hydrogens is 332 g/mol. The van der Waals surface area contributed by atoms with Crippen LogP contribution in [0.4, 0.5) is 14.6 Å². The summed E-state index contributed by atoms with van der Waals surface area (Å²) >= 11 is 0. The van der Waals surface area contributed by atoms with Crippen molar-refractivity contribution in [3.63, 3.8) is 0 Å². The number of hydrogen-bond acceptors (Lipinski definition) is 5. The molecule has 132 valence electrons. The Kier molecular flexibility index (Phi) is 4.64. The van der Waals surface area contributed by atoms with Gasteiger partial charge in [-0.3, -0.25) is 4.57 Å². The fraction of sp³-hybridized carbons (Fsp3) is 0.312. The highest BCUT2D eigenvalue weighted by atomic mass is 19.1. The first-order chi connectivity index (χ1) is 12.0. The van der Waals surface area contributed by atoms with E-state index in [1.54, 1.807) is 0 Å². The van der Waals surface area contributed by atoms with Crippen molar-refractivity contribution in [2.45, 2.75) is 26.3 Å². The highest BCUT2D eigenvalue weighted by Crippen LogP contribution is 2.20. The van der Waals surface area contributed by atoms with Crippen molar-refractivity contribution >= 4 is 17.0 Å². The first-order valence-corrected chi connectivity index (χ1v) is 7.83. The van der Waals surface area contributed by atoms with Gasteiger partial charge >= 0.3 is 11.7 Å². The molecule has 0 unspecified atom stereocenters. The van der Waals surface area contributed by atoms with Crippen LogP contribution >= 0.6 is 0 Å². The number of nitrogens with zero attached hydrogens (tertiary/aromatic N) is 3. The van der Waals surface area contributed by atoms with Crippen LogP contribution in [0.2, 0.25) is 0 Å². The number of halogens is 2. The number of aromatic amines is 1. The lowest BCUT2D eigenvalue weighted by molar-refractivity contribution is 0.286. The molecule has 0 spiro atoms. The monoisotopic (exact) mass is 349 g/mol. The summed E-state index contributed by atoms with van der Waals surface area (Å²) in [4.78, 5) is 22.8. The first-order valence-electron chi connectivity index (χ1n) is 7.83. The van der Waals surface area contributed by atoms with E-state index in [-0.39, 0.29) is 35.1 Å². The Hall–Kier alpha value is -2.97. The molecule has 0 radical (unpaired) electrons. The molecule has 0 saturated heterocycles. The zero-order valence-electron chi connectivity index (χ0n) is 13.6. The van der Waals surface area contributed by atoms with Gasteiger partial charge in [-0.2, -0.15) is 9.97 Å². The van der Waals surface area contributed by atoms with E-state index >= 15 is 0 Å². The van der Waals surface area contributed by atoms with E-state index in [1.807, 2.05) is 6.92 Å². The van der Waals surface area contributed by atoms with Gasteiger partial charge in [-0.05, 0) is 18.6 Å². The zero-order chi connectivity index (χ0) is 18.0. The van der Waals surface area contributed by atoms with Gasteiger partial charge in [-0.25, -0.2) is 13.6 Å². The minimum Gasteiger partial charge on any atom is -0.463 e. The fourth-order valence-corrected chi connectivity index (χ4v) is 2.39. The number of nitrogens with one attached hydrogen (secondary N) is 1. The Morgan fingerprint density at radius 1 is 1.28 bits per heavy atom. The number of benzene rings is 1. The molecule has 0 atom stereocenters. The van der Waals surface area contributed by atoms with E-state index < -0.39 is 17.3 Å². The summed E-state index contributed by atoms with van der Waals surface area (Å²) in [6.45, 7) is 2.08. The fourth-order valence-electron chi connectivity index (χ4n) is 2.39. The quantitative estimate of drug-likeness (QED) is 0.665. The molecule has 1 aromatic carbocycles. The van der Waals surface area contributed by atoms with Crippen LogP contribution in [0.5, 0.6) is 6.01 Å². The summed E-state index contributed by atoms with van der Waals surface area (Å²) in [5.41, 5.74) is 5.33. The topological polar surface area (TPSA) is 98.8 Å². The molecule has 7 nitrogen and oxygen atoms in total. The second-order valence-electron chi connectivity index (χ2n) is 5.51. The lowest BCUT2D eigenvalue weighted by Crippen LogP contribution is -2.19. The molecule has 0 bridgehead atoms. The summed E-state index contributed by atoms with van der Waals surface area (Å²) in [6, 6.07) is 3.52. The molecule has 0 aliphatic heterocycles. The van der Waals surface area contributed by atoms with E-state index in [0.717, 1.165) is 29.5 Å². The molecule has 3 N–H and O–H groups in total. The first kappa shape index (κ1) is 16.9. The van der Waals surface area contributed by atoms with E-state index in [4.69, 9.17) is 10.5 Å². The Labute approximate surface area is 141 Å². The summed E-state index contributed by atoms with van der Waals surface area (Å²) in [6.07, 6.45) is 1.74. The average Bonchev–Trinajstić information content (AvgIpc) is 2.88. The molecule has 3 aromatic rings. The third-order valence-corrected chi connectivity index (χ3v) is 3.74. The lowest BCUT2D eigenvalue weighted by Gasteiger charge is -2.08. The van der Waals surface area contributed by atoms with Gasteiger partial charge in [0.2, 0.25) is 0 Å². The zero-order valence-corrected chi connectivity index (χ0v) is 13.6. The summed E-state index contributed by atoms with van der Waals surface area (Å²) in [5.74, 6) is -1.47. The molecule has 25 heavy (non-hydrogen) atoms. The van der Waals surface area contributed by atoms with Crippen LogP contribution < -0.4 is 16.2 Å². The molecular formula is C16H17F2N5O2. The minimum atomic E-state index is -0.748.